The SMILES string of the molecule is c1ccc(-c2ccc(N3c4ccc(-c5ccccc5)cc4B4c5ccc6c(c5N(c5ccc(-c7ccccc7)cc5)c5cc(N(c7ccccc7)c7ccccc7)cc3c54)c3ccccc3n6-c3cccc(-c4ccccc4)c3)cc2)cc1. The summed E-state index contributed by atoms with van der Waals surface area (Å²) in [6.45, 7) is -0.169. The molecule has 2 aliphatic heterocycles. The van der Waals surface area contributed by atoms with Crippen molar-refractivity contribution in [3.63, 3.8) is 0 Å². The molecule has 0 fully saturated rings. The third-order valence-corrected chi connectivity index (χ3v) is 16.9. The molecule has 0 N–H and O–H groups in total. The number of benzene rings is 13. The van der Waals surface area contributed by atoms with E-state index in [1.54, 1.807) is 0 Å². The average molecular weight is 1060 g/mol. The molecule has 83 heavy (non-hydrogen) atoms. The average Bonchev–Trinajstić information content (AvgIpc) is 2.24. The third kappa shape index (κ3) is 8.16. The first kappa shape index (κ1) is 48.1. The fraction of sp³-hybridized carbons (Fsp3) is 0. The molecule has 0 amide bonds. The Labute approximate surface area is 484 Å². The molecule has 0 aliphatic carbocycles. The predicted octanol–water partition coefficient (Wildman–Crippen LogP) is 19.0. The van der Waals surface area contributed by atoms with Gasteiger partial charge in [-0.2, -0.15) is 0 Å². The molecule has 3 heterocycles. The van der Waals surface area contributed by atoms with E-state index in [9.17, 15) is 0 Å². The summed E-state index contributed by atoms with van der Waals surface area (Å²) in [6.07, 6.45) is 0. The minimum absolute atomic E-state index is 0.169. The molecule has 0 unspecified atom stereocenters. The highest BCUT2D eigenvalue weighted by Gasteiger charge is 2.45. The van der Waals surface area contributed by atoms with Crippen LogP contribution in [0.1, 0.15) is 0 Å². The van der Waals surface area contributed by atoms with Gasteiger partial charge in [0.1, 0.15) is 0 Å². The first-order valence-electron chi connectivity index (χ1n) is 28.6. The first-order chi connectivity index (χ1) is 41.2. The first-order valence-corrected chi connectivity index (χ1v) is 28.6. The topological polar surface area (TPSA) is 14.7 Å². The molecule has 0 bridgehead atoms. The lowest BCUT2D eigenvalue weighted by Gasteiger charge is -2.45. The summed E-state index contributed by atoms with van der Waals surface area (Å²) in [6, 6.07) is 118. The Morgan fingerprint density at radius 1 is 0.265 bits per heavy atom. The van der Waals surface area contributed by atoms with Gasteiger partial charge in [-0.05, 0) is 152 Å². The molecular formula is C78H53BN4. The van der Waals surface area contributed by atoms with Gasteiger partial charge in [0, 0.05) is 56.3 Å². The Balaban J connectivity index is 1.03. The minimum Gasteiger partial charge on any atom is -0.311 e. The predicted molar refractivity (Wildman–Crippen MR) is 351 cm³/mol. The molecule has 14 aromatic rings. The van der Waals surface area contributed by atoms with Crippen molar-refractivity contribution >= 4 is 96.1 Å². The van der Waals surface area contributed by atoms with Gasteiger partial charge in [0.15, 0.2) is 0 Å². The molecule has 0 saturated heterocycles. The zero-order valence-corrected chi connectivity index (χ0v) is 45.5. The second kappa shape index (κ2) is 20.0. The van der Waals surface area contributed by atoms with E-state index in [1.165, 1.54) is 77.4 Å². The van der Waals surface area contributed by atoms with E-state index < -0.39 is 0 Å². The maximum atomic E-state index is 2.61. The van der Waals surface area contributed by atoms with Gasteiger partial charge >= 0.3 is 0 Å². The highest BCUT2D eigenvalue weighted by Crippen LogP contribution is 2.51. The van der Waals surface area contributed by atoms with E-state index in [-0.39, 0.29) is 6.71 Å². The number of rotatable bonds is 10. The number of hydrogen-bond donors (Lipinski definition) is 0. The van der Waals surface area contributed by atoms with E-state index in [4.69, 9.17) is 0 Å². The summed E-state index contributed by atoms with van der Waals surface area (Å²) in [5.74, 6) is 0. The van der Waals surface area contributed by atoms with Crippen LogP contribution >= 0.6 is 0 Å². The van der Waals surface area contributed by atoms with Gasteiger partial charge in [-0.25, -0.2) is 0 Å². The van der Waals surface area contributed by atoms with Gasteiger partial charge in [-0.15, -0.1) is 0 Å². The second-order valence-corrected chi connectivity index (χ2v) is 21.6. The number of hydrogen-bond acceptors (Lipinski definition) is 3. The van der Waals surface area contributed by atoms with Crippen molar-refractivity contribution in [2.75, 3.05) is 14.7 Å². The minimum atomic E-state index is -0.169. The Bertz CT molecular complexity index is 4660. The molecular weight excluding hydrogens is 1000 g/mol. The molecule has 0 atom stereocenters. The molecule has 1 aromatic heterocycles. The molecule has 16 rings (SSSR count). The zero-order chi connectivity index (χ0) is 54.8. The number of anilines is 9. The van der Waals surface area contributed by atoms with Crippen molar-refractivity contribution in [1.82, 2.24) is 4.57 Å². The quantitative estimate of drug-likeness (QED) is 0.127. The zero-order valence-electron chi connectivity index (χ0n) is 45.5. The maximum Gasteiger partial charge on any atom is 0.252 e. The molecule has 13 aromatic carbocycles. The van der Waals surface area contributed by atoms with Crippen molar-refractivity contribution in [3.05, 3.63) is 322 Å². The van der Waals surface area contributed by atoms with E-state index >= 15 is 0 Å². The largest absolute Gasteiger partial charge is 0.311 e. The van der Waals surface area contributed by atoms with Crippen LogP contribution in [0.3, 0.4) is 0 Å². The molecule has 0 saturated carbocycles. The normalized spacial score (nSPS) is 12.3. The van der Waals surface area contributed by atoms with Crippen LogP contribution in [0.4, 0.5) is 51.2 Å². The van der Waals surface area contributed by atoms with Crippen molar-refractivity contribution in [3.8, 4) is 50.2 Å². The van der Waals surface area contributed by atoms with Crippen molar-refractivity contribution < 1.29 is 0 Å². The van der Waals surface area contributed by atoms with Crippen LogP contribution in [0, 0.1) is 0 Å². The third-order valence-electron chi connectivity index (χ3n) is 16.9. The Kier molecular flexibility index (Phi) is 11.6. The highest BCUT2D eigenvalue weighted by atomic mass is 15.2. The lowest BCUT2D eigenvalue weighted by molar-refractivity contribution is 1.18. The molecule has 388 valence electrons. The summed E-state index contributed by atoms with van der Waals surface area (Å²) >= 11 is 0. The van der Waals surface area contributed by atoms with Gasteiger partial charge < -0.3 is 19.3 Å². The van der Waals surface area contributed by atoms with E-state index in [2.05, 4.69) is 341 Å². The highest BCUT2D eigenvalue weighted by molar-refractivity contribution is 7.00. The number of fused-ring (bicyclic) bond motifs is 8. The Morgan fingerprint density at radius 2 is 0.711 bits per heavy atom. The summed E-state index contributed by atoms with van der Waals surface area (Å²) in [5.41, 5.74) is 26.5. The Hall–Kier alpha value is -10.9. The lowest BCUT2D eigenvalue weighted by atomic mass is 9.33. The molecule has 2 aliphatic rings. The molecule has 4 nitrogen and oxygen atoms in total. The molecule has 0 radical (unpaired) electrons. The van der Waals surface area contributed by atoms with Crippen LogP contribution in [0.5, 0.6) is 0 Å². The van der Waals surface area contributed by atoms with Crippen molar-refractivity contribution in [1.29, 1.82) is 0 Å². The smallest absolute Gasteiger partial charge is 0.252 e. The van der Waals surface area contributed by atoms with E-state index in [0.717, 1.165) is 62.2 Å². The van der Waals surface area contributed by atoms with Crippen molar-refractivity contribution in [2.24, 2.45) is 0 Å². The lowest BCUT2D eigenvalue weighted by Crippen LogP contribution is -2.61. The van der Waals surface area contributed by atoms with Gasteiger partial charge in [0.25, 0.3) is 6.71 Å². The number of nitrogens with zero attached hydrogens (tertiary/aromatic N) is 4. The van der Waals surface area contributed by atoms with Crippen LogP contribution in [0.15, 0.2) is 322 Å². The fourth-order valence-corrected chi connectivity index (χ4v) is 13.2. The summed E-state index contributed by atoms with van der Waals surface area (Å²) in [4.78, 5) is 7.58. The summed E-state index contributed by atoms with van der Waals surface area (Å²) < 4.78 is 2.49. The monoisotopic (exact) mass is 1060 g/mol. The molecule has 5 heteroatoms. The van der Waals surface area contributed by atoms with Crippen LogP contribution in [-0.2, 0) is 0 Å². The maximum absolute atomic E-state index is 2.61. The van der Waals surface area contributed by atoms with Crippen LogP contribution < -0.4 is 31.1 Å². The number of para-hydroxylation sites is 3. The summed E-state index contributed by atoms with van der Waals surface area (Å²) in [7, 11) is 0. The second-order valence-electron chi connectivity index (χ2n) is 21.6. The Morgan fingerprint density at radius 3 is 1.28 bits per heavy atom. The van der Waals surface area contributed by atoms with E-state index in [1.807, 2.05) is 0 Å². The van der Waals surface area contributed by atoms with Crippen molar-refractivity contribution in [2.45, 2.75) is 0 Å². The number of aromatic nitrogens is 1. The van der Waals surface area contributed by atoms with Crippen LogP contribution in [-0.4, -0.2) is 11.3 Å². The fourth-order valence-electron chi connectivity index (χ4n) is 13.2. The van der Waals surface area contributed by atoms with Gasteiger partial charge in [-0.1, -0.05) is 231 Å². The van der Waals surface area contributed by atoms with Crippen LogP contribution in [0.25, 0.3) is 72.0 Å². The van der Waals surface area contributed by atoms with Crippen LogP contribution in [0.2, 0.25) is 0 Å². The van der Waals surface area contributed by atoms with Gasteiger partial charge in [-0.3, -0.25) is 0 Å². The van der Waals surface area contributed by atoms with E-state index in [0.29, 0.717) is 0 Å². The standard InChI is InChI=1S/C78H53BN4/c1-7-22-54(23-8-1)58-38-43-64(44-39-58)81-72-48-42-61(57-28-13-4-14-29-57)51-70(72)79-69-47-49-73-76(68-36-19-20-37-71(68)82(73)66-35-21-30-60(50-66)56-26-11-3-12-27-56)78(69)83(65-45-40-59(41-46-65)55-24-9-2-10-25-55)75-53-67(52-74(81)77(75)79)80(62-31-15-5-16-32-62)63-33-17-6-18-34-63/h1-53H. The van der Waals surface area contributed by atoms with Gasteiger partial charge in [0.2, 0.25) is 0 Å². The molecule has 0 spiro atoms. The summed E-state index contributed by atoms with van der Waals surface area (Å²) in [5, 5.41) is 2.40. The van der Waals surface area contributed by atoms with Gasteiger partial charge in [0.05, 0.1) is 22.4 Å².